The maximum Gasteiger partial charge on any atom is 0.272 e. The first-order chi connectivity index (χ1) is 13.5. The van der Waals surface area contributed by atoms with Gasteiger partial charge in [0.1, 0.15) is 18.1 Å². The summed E-state index contributed by atoms with van der Waals surface area (Å²) in [6.45, 7) is 3.83. The SMILES string of the molecule is Cc1ccc(C(=O)N2CCCc3cccc(n3)NCCCN(C)C(=O)C2)nc1. The van der Waals surface area contributed by atoms with Gasteiger partial charge in [-0.2, -0.15) is 0 Å². The molecule has 3 rings (SSSR count). The van der Waals surface area contributed by atoms with Gasteiger partial charge in [-0.3, -0.25) is 14.6 Å². The molecule has 0 fully saturated rings. The summed E-state index contributed by atoms with van der Waals surface area (Å²) in [4.78, 5) is 37.7. The van der Waals surface area contributed by atoms with Crippen LogP contribution in [0.1, 0.15) is 34.6 Å². The lowest BCUT2D eigenvalue weighted by Crippen LogP contribution is -2.42. The molecule has 0 saturated carbocycles. The van der Waals surface area contributed by atoms with Crippen molar-refractivity contribution < 1.29 is 9.59 Å². The number of anilines is 1. The number of amides is 2. The van der Waals surface area contributed by atoms with E-state index in [0.29, 0.717) is 18.8 Å². The first kappa shape index (κ1) is 19.8. The molecule has 2 bridgehead atoms. The zero-order valence-electron chi connectivity index (χ0n) is 16.5. The number of aryl methyl sites for hydroxylation is 2. The van der Waals surface area contributed by atoms with E-state index in [9.17, 15) is 9.59 Å². The molecule has 28 heavy (non-hydrogen) atoms. The minimum atomic E-state index is -0.211. The van der Waals surface area contributed by atoms with E-state index in [-0.39, 0.29) is 18.4 Å². The molecule has 3 heterocycles. The molecule has 0 radical (unpaired) electrons. The highest BCUT2D eigenvalue weighted by Crippen LogP contribution is 2.10. The number of carbonyl (C=O) groups is 2. The number of hydrogen-bond acceptors (Lipinski definition) is 5. The summed E-state index contributed by atoms with van der Waals surface area (Å²) in [7, 11) is 1.78. The van der Waals surface area contributed by atoms with Crippen molar-refractivity contribution in [3.8, 4) is 0 Å². The van der Waals surface area contributed by atoms with E-state index in [4.69, 9.17) is 0 Å². The summed E-state index contributed by atoms with van der Waals surface area (Å²) in [6.07, 6.45) is 3.95. The molecule has 0 aliphatic carbocycles. The van der Waals surface area contributed by atoms with Crippen LogP contribution in [0.15, 0.2) is 36.5 Å². The number of likely N-dealkylation sites (N-methyl/N-ethyl adjacent to an activating group) is 1. The van der Waals surface area contributed by atoms with Crippen LogP contribution in [0, 0.1) is 6.92 Å². The Labute approximate surface area is 165 Å². The van der Waals surface area contributed by atoms with E-state index in [2.05, 4.69) is 15.3 Å². The molecule has 7 heteroatoms. The van der Waals surface area contributed by atoms with E-state index in [1.165, 1.54) is 0 Å². The van der Waals surface area contributed by atoms with Crippen LogP contribution >= 0.6 is 0 Å². The molecule has 0 saturated heterocycles. The van der Waals surface area contributed by atoms with Crippen molar-refractivity contribution >= 4 is 17.6 Å². The molecule has 148 valence electrons. The van der Waals surface area contributed by atoms with Gasteiger partial charge in [-0.25, -0.2) is 4.98 Å². The third-order valence-electron chi connectivity index (χ3n) is 4.81. The number of fused-ring (bicyclic) bond motifs is 2. The first-order valence-corrected chi connectivity index (χ1v) is 9.68. The van der Waals surface area contributed by atoms with E-state index >= 15 is 0 Å². The van der Waals surface area contributed by atoms with Crippen molar-refractivity contribution in [3.63, 3.8) is 0 Å². The molecular formula is C21H27N5O2. The number of rotatable bonds is 1. The number of carbonyl (C=O) groups excluding carboxylic acids is 2. The monoisotopic (exact) mass is 381 g/mol. The Morgan fingerprint density at radius 3 is 2.79 bits per heavy atom. The largest absolute Gasteiger partial charge is 0.370 e. The van der Waals surface area contributed by atoms with E-state index < -0.39 is 0 Å². The molecule has 2 aromatic rings. The van der Waals surface area contributed by atoms with E-state index in [1.54, 1.807) is 29.1 Å². The fraction of sp³-hybridized carbons (Fsp3) is 0.429. The number of nitrogens with one attached hydrogen (secondary N) is 1. The van der Waals surface area contributed by atoms with Gasteiger partial charge in [0.05, 0.1) is 0 Å². The molecule has 0 aromatic carbocycles. The van der Waals surface area contributed by atoms with Gasteiger partial charge >= 0.3 is 0 Å². The van der Waals surface area contributed by atoms with Crippen LogP contribution < -0.4 is 5.32 Å². The second kappa shape index (κ2) is 9.30. The predicted molar refractivity (Wildman–Crippen MR) is 108 cm³/mol. The topological polar surface area (TPSA) is 78.4 Å². The summed E-state index contributed by atoms with van der Waals surface area (Å²) >= 11 is 0. The third kappa shape index (κ3) is 5.28. The van der Waals surface area contributed by atoms with Gasteiger partial charge in [0.15, 0.2) is 0 Å². The molecule has 2 amide bonds. The maximum absolute atomic E-state index is 12.9. The lowest BCUT2D eigenvalue weighted by molar-refractivity contribution is -0.130. The molecule has 7 nitrogen and oxygen atoms in total. The second-order valence-corrected chi connectivity index (χ2v) is 7.16. The highest BCUT2D eigenvalue weighted by Gasteiger charge is 2.21. The van der Waals surface area contributed by atoms with Crippen molar-refractivity contribution in [3.05, 3.63) is 53.5 Å². The van der Waals surface area contributed by atoms with Crippen molar-refractivity contribution in [2.45, 2.75) is 26.2 Å². The summed E-state index contributed by atoms with van der Waals surface area (Å²) in [5.74, 6) is 0.576. The summed E-state index contributed by atoms with van der Waals surface area (Å²) in [6, 6.07) is 9.51. The van der Waals surface area contributed by atoms with Crippen molar-refractivity contribution in [1.82, 2.24) is 19.8 Å². The van der Waals surface area contributed by atoms with Crippen LogP contribution in [0.3, 0.4) is 0 Å². The zero-order valence-corrected chi connectivity index (χ0v) is 16.5. The van der Waals surface area contributed by atoms with Gasteiger partial charge in [-0.1, -0.05) is 12.1 Å². The van der Waals surface area contributed by atoms with Crippen LogP contribution in [0.25, 0.3) is 0 Å². The van der Waals surface area contributed by atoms with E-state index in [1.807, 2.05) is 31.2 Å². The quantitative estimate of drug-likeness (QED) is 0.819. The van der Waals surface area contributed by atoms with Crippen molar-refractivity contribution in [1.29, 1.82) is 0 Å². The zero-order chi connectivity index (χ0) is 19.9. The van der Waals surface area contributed by atoms with Crippen molar-refractivity contribution in [2.24, 2.45) is 0 Å². The second-order valence-electron chi connectivity index (χ2n) is 7.16. The fourth-order valence-corrected chi connectivity index (χ4v) is 3.12. The smallest absolute Gasteiger partial charge is 0.272 e. The molecule has 1 aliphatic heterocycles. The number of hydrogen-bond donors (Lipinski definition) is 1. The van der Waals surface area contributed by atoms with Crippen molar-refractivity contribution in [2.75, 3.05) is 38.5 Å². The minimum absolute atomic E-state index is 0.0610. The summed E-state index contributed by atoms with van der Waals surface area (Å²) in [5.41, 5.74) is 2.34. The van der Waals surface area contributed by atoms with Gasteiger partial charge < -0.3 is 15.1 Å². The van der Waals surface area contributed by atoms with Gasteiger partial charge in [0, 0.05) is 38.6 Å². The lowest BCUT2D eigenvalue weighted by atomic mass is 10.2. The molecule has 1 N–H and O–H groups in total. The number of aromatic nitrogens is 2. The normalized spacial score (nSPS) is 16.3. The van der Waals surface area contributed by atoms with Gasteiger partial charge in [-0.15, -0.1) is 0 Å². The molecule has 1 aliphatic rings. The third-order valence-corrected chi connectivity index (χ3v) is 4.81. The first-order valence-electron chi connectivity index (χ1n) is 9.68. The highest BCUT2D eigenvalue weighted by atomic mass is 16.2. The molecular weight excluding hydrogens is 354 g/mol. The standard InChI is InChI=1S/C21H27N5O2/c1-16-9-10-18(23-14-16)21(28)26-13-4-7-17-6-3-8-19(24-17)22-11-5-12-25(2)20(27)15-26/h3,6,8-10,14H,4-5,7,11-13,15H2,1-2H3,(H,22,24). The van der Waals surface area contributed by atoms with Crippen LogP contribution in [0.4, 0.5) is 5.82 Å². The van der Waals surface area contributed by atoms with Crippen LogP contribution in [0.2, 0.25) is 0 Å². The van der Waals surface area contributed by atoms with Crippen LogP contribution in [0.5, 0.6) is 0 Å². The Bertz CT molecular complexity index is 822. The number of nitrogens with zero attached hydrogens (tertiary/aromatic N) is 4. The Hall–Kier alpha value is -2.96. The minimum Gasteiger partial charge on any atom is -0.370 e. The lowest BCUT2D eigenvalue weighted by Gasteiger charge is -2.25. The predicted octanol–water partition coefficient (Wildman–Crippen LogP) is 2.13. The Morgan fingerprint density at radius 1 is 1.14 bits per heavy atom. The Morgan fingerprint density at radius 2 is 2.00 bits per heavy atom. The Balaban J connectivity index is 1.78. The van der Waals surface area contributed by atoms with Crippen LogP contribution in [-0.4, -0.2) is 64.8 Å². The summed E-state index contributed by atoms with van der Waals surface area (Å²) < 4.78 is 0. The molecule has 0 unspecified atom stereocenters. The fourth-order valence-electron chi connectivity index (χ4n) is 3.12. The average molecular weight is 381 g/mol. The molecule has 0 spiro atoms. The Kier molecular flexibility index (Phi) is 6.57. The van der Waals surface area contributed by atoms with Gasteiger partial charge in [-0.05, 0) is 49.9 Å². The maximum atomic E-state index is 12.9. The van der Waals surface area contributed by atoms with E-state index in [0.717, 1.165) is 42.9 Å². The molecule has 2 aromatic heterocycles. The average Bonchev–Trinajstić information content (AvgIpc) is 2.70. The van der Waals surface area contributed by atoms with Gasteiger partial charge in [0.2, 0.25) is 5.91 Å². The number of pyridine rings is 2. The highest BCUT2D eigenvalue weighted by molar-refractivity contribution is 5.94. The van der Waals surface area contributed by atoms with Crippen LogP contribution in [-0.2, 0) is 11.2 Å². The molecule has 0 atom stereocenters. The summed E-state index contributed by atoms with van der Waals surface area (Å²) in [5, 5.41) is 3.30. The van der Waals surface area contributed by atoms with Gasteiger partial charge in [0.25, 0.3) is 5.91 Å².